The van der Waals surface area contributed by atoms with E-state index in [9.17, 15) is 4.79 Å². The van der Waals surface area contributed by atoms with Crippen molar-refractivity contribution >= 4 is 17.7 Å². The van der Waals surface area contributed by atoms with Crippen molar-refractivity contribution in [3.63, 3.8) is 0 Å². The number of nitrogens with zero attached hydrogens (tertiary/aromatic N) is 3. The van der Waals surface area contributed by atoms with E-state index in [1.54, 1.807) is 41.5 Å². The van der Waals surface area contributed by atoms with Gasteiger partial charge in [-0.2, -0.15) is 5.10 Å². The van der Waals surface area contributed by atoms with E-state index in [1.807, 2.05) is 13.1 Å². The maximum absolute atomic E-state index is 11.6. The molecule has 0 saturated heterocycles. The molecule has 17 heavy (non-hydrogen) atoms. The predicted octanol–water partition coefficient (Wildman–Crippen LogP) is 1.47. The lowest BCUT2D eigenvalue weighted by Gasteiger charge is -2.00. The van der Waals surface area contributed by atoms with Crippen molar-refractivity contribution in [2.24, 2.45) is 7.05 Å². The minimum Gasteiger partial charge on any atom is -0.322 e. The van der Waals surface area contributed by atoms with Crippen LogP contribution in [0.2, 0.25) is 0 Å². The average molecular weight is 228 g/mol. The van der Waals surface area contributed by atoms with E-state index in [0.717, 1.165) is 11.4 Å². The zero-order chi connectivity index (χ0) is 12.1. The second-order valence-electron chi connectivity index (χ2n) is 3.44. The van der Waals surface area contributed by atoms with Gasteiger partial charge in [-0.3, -0.25) is 14.5 Å². The summed E-state index contributed by atoms with van der Waals surface area (Å²) in [5.41, 5.74) is 1.59. The summed E-state index contributed by atoms with van der Waals surface area (Å²) in [5, 5.41) is 6.73. The molecular formula is C12H12N4O. The molecule has 1 N–H and O–H groups in total. The molecule has 0 bridgehead atoms. The molecule has 5 nitrogen and oxygen atoms in total. The number of anilines is 1. The normalized spacial score (nSPS) is 10.6. The van der Waals surface area contributed by atoms with Crippen LogP contribution in [0.4, 0.5) is 5.69 Å². The highest BCUT2D eigenvalue weighted by Gasteiger charge is 1.98. The van der Waals surface area contributed by atoms with Gasteiger partial charge < -0.3 is 5.32 Å². The number of aromatic nitrogens is 3. The molecule has 0 unspecified atom stereocenters. The number of carbonyl (C=O) groups excluding carboxylic acids is 1. The third-order valence-electron chi connectivity index (χ3n) is 2.21. The summed E-state index contributed by atoms with van der Waals surface area (Å²) in [6, 6.07) is 5.29. The Kier molecular flexibility index (Phi) is 3.30. The third-order valence-corrected chi connectivity index (χ3v) is 2.21. The summed E-state index contributed by atoms with van der Waals surface area (Å²) >= 11 is 0. The number of nitrogens with one attached hydrogen (secondary N) is 1. The fraction of sp³-hybridized carbons (Fsp3) is 0.0833. The smallest absolute Gasteiger partial charge is 0.248 e. The SMILES string of the molecule is Cn1nccc1C=CC(=O)Nc1ccncc1. The topological polar surface area (TPSA) is 59.8 Å². The summed E-state index contributed by atoms with van der Waals surface area (Å²) in [6.07, 6.45) is 8.11. The van der Waals surface area contributed by atoms with E-state index in [0.29, 0.717) is 0 Å². The first-order valence-electron chi connectivity index (χ1n) is 5.13. The van der Waals surface area contributed by atoms with Gasteiger partial charge in [0.25, 0.3) is 0 Å². The Bertz CT molecular complexity index is 530. The largest absolute Gasteiger partial charge is 0.322 e. The first-order valence-corrected chi connectivity index (χ1v) is 5.13. The van der Waals surface area contributed by atoms with E-state index >= 15 is 0 Å². The lowest BCUT2D eigenvalue weighted by Crippen LogP contribution is -2.07. The molecule has 0 aliphatic heterocycles. The van der Waals surface area contributed by atoms with Crippen molar-refractivity contribution in [3.05, 3.63) is 48.6 Å². The van der Waals surface area contributed by atoms with E-state index in [-0.39, 0.29) is 5.91 Å². The molecule has 0 aromatic carbocycles. The van der Waals surface area contributed by atoms with E-state index in [4.69, 9.17) is 0 Å². The van der Waals surface area contributed by atoms with Crippen molar-refractivity contribution in [2.75, 3.05) is 5.32 Å². The van der Waals surface area contributed by atoms with Crippen molar-refractivity contribution in [2.45, 2.75) is 0 Å². The monoisotopic (exact) mass is 228 g/mol. The summed E-state index contributed by atoms with van der Waals surface area (Å²) in [7, 11) is 1.82. The van der Waals surface area contributed by atoms with Gasteiger partial charge in [0.05, 0.1) is 5.69 Å². The molecule has 0 aliphatic rings. The Hall–Kier alpha value is -2.43. The Morgan fingerprint density at radius 1 is 1.29 bits per heavy atom. The number of pyridine rings is 1. The van der Waals surface area contributed by atoms with Gasteiger partial charge >= 0.3 is 0 Å². The van der Waals surface area contributed by atoms with Crippen LogP contribution in [0.1, 0.15) is 5.69 Å². The van der Waals surface area contributed by atoms with Crippen LogP contribution in [-0.4, -0.2) is 20.7 Å². The van der Waals surface area contributed by atoms with Crippen LogP contribution in [0.5, 0.6) is 0 Å². The van der Waals surface area contributed by atoms with E-state index in [1.165, 1.54) is 6.08 Å². The van der Waals surface area contributed by atoms with Gasteiger partial charge in [-0.15, -0.1) is 0 Å². The van der Waals surface area contributed by atoms with Gasteiger partial charge in [-0.1, -0.05) is 0 Å². The summed E-state index contributed by atoms with van der Waals surface area (Å²) in [6.45, 7) is 0. The van der Waals surface area contributed by atoms with Gasteiger partial charge in [-0.05, 0) is 24.3 Å². The maximum Gasteiger partial charge on any atom is 0.248 e. The molecule has 0 radical (unpaired) electrons. The zero-order valence-corrected chi connectivity index (χ0v) is 9.37. The highest BCUT2D eigenvalue weighted by Crippen LogP contribution is 2.04. The van der Waals surface area contributed by atoms with Crippen molar-refractivity contribution in [1.82, 2.24) is 14.8 Å². The van der Waals surface area contributed by atoms with Crippen LogP contribution in [0.3, 0.4) is 0 Å². The Balaban J connectivity index is 1.99. The van der Waals surface area contributed by atoms with Gasteiger partial charge in [0, 0.05) is 37.4 Å². The molecule has 2 heterocycles. The van der Waals surface area contributed by atoms with Crippen LogP contribution in [0.25, 0.3) is 6.08 Å². The van der Waals surface area contributed by atoms with Gasteiger partial charge in [0.15, 0.2) is 0 Å². The van der Waals surface area contributed by atoms with E-state index in [2.05, 4.69) is 15.4 Å². The number of amides is 1. The first kappa shape index (κ1) is 11.1. The molecule has 2 rings (SSSR count). The van der Waals surface area contributed by atoms with Crippen LogP contribution in [0, 0.1) is 0 Å². The number of carbonyl (C=O) groups is 1. The Morgan fingerprint density at radius 3 is 2.71 bits per heavy atom. The second-order valence-corrected chi connectivity index (χ2v) is 3.44. The predicted molar refractivity (Wildman–Crippen MR) is 65.1 cm³/mol. The molecule has 0 fully saturated rings. The number of hydrogen-bond acceptors (Lipinski definition) is 3. The molecule has 0 saturated carbocycles. The highest BCUT2D eigenvalue weighted by molar-refractivity contribution is 6.01. The molecule has 5 heteroatoms. The van der Waals surface area contributed by atoms with Gasteiger partial charge in [-0.25, -0.2) is 0 Å². The minimum atomic E-state index is -0.183. The summed E-state index contributed by atoms with van der Waals surface area (Å²) in [4.78, 5) is 15.4. The van der Waals surface area contributed by atoms with Gasteiger partial charge in [0.2, 0.25) is 5.91 Å². The Morgan fingerprint density at radius 2 is 2.06 bits per heavy atom. The zero-order valence-electron chi connectivity index (χ0n) is 9.37. The number of rotatable bonds is 3. The molecule has 0 aliphatic carbocycles. The summed E-state index contributed by atoms with van der Waals surface area (Å²) in [5.74, 6) is -0.183. The molecule has 2 aromatic rings. The number of hydrogen-bond donors (Lipinski definition) is 1. The Labute approximate surface area is 98.8 Å². The summed E-state index contributed by atoms with van der Waals surface area (Å²) < 4.78 is 1.69. The molecular weight excluding hydrogens is 216 g/mol. The molecule has 1 amide bonds. The fourth-order valence-corrected chi connectivity index (χ4v) is 1.33. The van der Waals surface area contributed by atoms with Crippen molar-refractivity contribution in [1.29, 1.82) is 0 Å². The third kappa shape index (κ3) is 3.01. The lowest BCUT2D eigenvalue weighted by molar-refractivity contribution is -0.111. The van der Waals surface area contributed by atoms with Crippen molar-refractivity contribution < 1.29 is 4.79 Å². The van der Waals surface area contributed by atoms with Crippen molar-refractivity contribution in [3.8, 4) is 0 Å². The molecule has 0 atom stereocenters. The van der Waals surface area contributed by atoms with Crippen LogP contribution in [0.15, 0.2) is 42.9 Å². The van der Waals surface area contributed by atoms with Crippen LogP contribution < -0.4 is 5.32 Å². The molecule has 2 aromatic heterocycles. The average Bonchev–Trinajstić information content (AvgIpc) is 2.74. The van der Waals surface area contributed by atoms with Crippen LogP contribution in [-0.2, 0) is 11.8 Å². The number of aryl methyl sites for hydroxylation is 1. The first-order chi connectivity index (χ1) is 8.25. The molecule has 0 spiro atoms. The van der Waals surface area contributed by atoms with Crippen LogP contribution >= 0.6 is 0 Å². The highest BCUT2D eigenvalue weighted by atomic mass is 16.1. The quantitative estimate of drug-likeness (QED) is 0.809. The van der Waals surface area contributed by atoms with Gasteiger partial charge in [0.1, 0.15) is 0 Å². The fourth-order valence-electron chi connectivity index (χ4n) is 1.33. The molecule has 86 valence electrons. The standard InChI is InChI=1S/C12H12N4O/c1-16-11(6-9-14-16)2-3-12(17)15-10-4-7-13-8-5-10/h2-9H,1H3,(H,13,15,17). The second kappa shape index (κ2) is 5.07. The van der Waals surface area contributed by atoms with E-state index < -0.39 is 0 Å². The maximum atomic E-state index is 11.6. The lowest BCUT2D eigenvalue weighted by atomic mass is 10.3. The minimum absolute atomic E-state index is 0.183.